The second-order valence-corrected chi connectivity index (χ2v) is 5.37. The van der Waals surface area contributed by atoms with Gasteiger partial charge in [0.05, 0.1) is 4.47 Å². The van der Waals surface area contributed by atoms with E-state index in [-0.39, 0.29) is 17.7 Å². The van der Waals surface area contributed by atoms with Gasteiger partial charge < -0.3 is 5.32 Å². The van der Waals surface area contributed by atoms with Crippen LogP contribution >= 0.6 is 15.9 Å². The van der Waals surface area contributed by atoms with Crippen molar-refractivity contribution in [1.29, 1.82) is 0 Å². The molecule has 0 saturated heterocycles. The predicted molar refractivity (Wildman–Crippen MR) is 80.6 cm³/mol. The molecule has 0 heterocycles. The molecule has 20 heavy (non-hydrogen) atoms. The van der Waals surface area contributed by atoms with E-state index in [1.165, 1.54) is 18.2 Å². The molecule has 0 saturated carbocycles. The molecule has 1 unspecified atom stereocenters. The second-order valence-electron chi connectivity index (χ2n) is 4.58. The maximum Gasteiger partial charge on any atom is 0.137 e. The number of halogens is 3. The Bertz CT molecular complexity index is 569. The van der Waals surface area contributed by atoms with Crippen LogP contribution in [0.15, 0.2) is 46.9 Å². The summed E-state index contributed by atoms with van der Waals surface area (Å²) in [5, 5.41) is 3.35. The summed E-state index contributed by atoms with van der Waals surface area (Å²) in [7, 11) is 0. The van der Waals surface area contributed by atoms with E-state index in [0.717, 1.165) is 17.7 Å². The molecule has 2 aromatic rings. The molecule has 4 heteroatoms. The Balaban J connectivity index is 2.25. The van der Waals surface area contributed by atoms with Gasteiger partial charge in [-0.15, -0.1) is 0 Å². The zero-order valence-electron chi connectivity index (χ0n) is 11.2. The highest BCUT2D eigenvalue weighted by atomic mass is 79.9. The number of hydrogen-bond acceptors (Lipinski definition) is 1. The molecule has 0 spiro atoms. The molecule has 2 rings (SSSR count). The van der Waals surface area contributed by atoms with Crippen LogP contribution in [-0.4, -0.2) is 6.54 Å². The van der Waals surface area contributed by atoms with E-state index < -0.39 is 0 Å². The van der Waals surface area contributed by atoms with Crippen molar-refractivity contribution < 1.29 is 8.78 Å². The molecule has 1 nitrogen and oxygen atoms in total. The molecule has 0 aliphatic carbocycles. The maximum atomic E-state index is 13.6. The van der Waals surface area contributed by atoms with Crippen LogP contribution in [0.1, 0.15) is 24.1 Å². The largest absolute Gasteiger partial charge is 0.310 e. The zero-order chi connectivity index (χ0) is 14.5. The third-order valence-corrected chi connectivity index (χ3v) is 4.07. The first kappa shape index (κ1) is 15.1. The number of likely N-dealkylation sites (N-methyl/N-ethyl adjacent to an activating group) is 1. The van der Waals surface area contributed by atoms with E-state index in [2.05, 4.69) is 21.2 Å². The van der Waals surface area contributed by atoms with Crippen molar-refractivity contribution in [3.05, 3.63) is 69.7 Å². The maximum absolute atomic E-state index is 13.6. The highest BCUT2D eigenvalue weighted by molar-refractivity contribution is 9.10. The first-order chi connectivity index (χ1) is 9.61. The molecule has 106 valence electrons. The SMILES string of the molecule is CCNC(Cc1cccc(F)c1Br)c1ccc(F)cc1. The minimum Gasteiger partial charge on any atom is -0.310 e. The molecule has 1 N–H and O–H groups in total. The van der Waals surface area contributed by atoms with Crippen molar-refractivity contribution in [2.45, 2.75) is 19.4 Å². The van der Waals surface area contributed by atoms with Crippen molar-refractivity contribution in [3.8, 4) is 0 Å². The van der Waals surface area contributed by atoms with E-state index in [1.54, 1.807) is 18.2 Å². The molecule has 0 radical (unpaired) electrons. The summed E-state index contributed by atoms with van der Waals surface area (Å²) < 4.78 is 27.0. The topological polar surface area (TPSA) is 12.0 Å². The number of benzene rings is 2. The van der Waals surface area contributed by atoms with Crippen LogP contribution in [0.2, 0.25) is 0 Å². The standard InChI is InChI=1S/C16H16BrF2N/c1-2-20-15(11-6-8-13(18)9-7-11)10-12-4-3-5-14(19)16(12)17/h3-9,15,20H,2,10H2,1H3. The lowest BCUT2D eigenvalue weighted by Crippen LogP contribution is -2.23. The summed E-state index contributed by atoms with van der Waals surface area (Å²) in [5.74, 6) is -0.521. The Labute approximate surface area is 126 Å². The van der Waals surface area contributed by atoms with Gasteiger partial charge in [0, 0.05) is 6.04 Å². The molecular weight excluding hydrogens is 324 g/mol. The first-order valence-corrected chi connectivity index (χ1v) is 7.33. The van der Waals surface area contributed by atoms with Crippen LogP contribution in [-0.2, 0) is 6.42 Å². The third-order valence-electron chi connectivity index (χ3n) is 3.18. The summed E-state index contributed by atoms with van der Waals surface area (Å²) in [6, 6.07) is 11.4. The van der Waals surface area contributed by atoms with Crippen LogP contribution in [0.3, 0.4) is 0 Å². The normalized spacial score (nSPS) is 12.4. The highest BCUT2D eigenvalue weighted by Crippen LogP contribution is 2.26. The summed E-state index contributed by atoms with van der Waals surface area (Å²) in [4.78, 5) is 0. The third kappa shape index (κ3) is 3.64. The molecule has 0 aromatic heterocycles. The van der Waals surface area contributed by atoms with Gasteiger partial charge in [0.25, 0.3) is 0 Å². The molecule has 2 aromatic carbocycles. The van der Waals surface area contributed by atoms with Crippen molar-refractivity contribution in [2.75, 3.05) is 6.54 Å². The Hall–Kier alpha value is -1.26. The predicted octanol–water partition coefficient (Wildman–Crippen LogP) is 4.62. The van der Waals surface area contributed by atoms with Gasteiger partial charge in [-0.3, -0.25) is 0 Å². The van der Waals surface area contributed by atoms with Crippen LogP contribution < -0.4 is 5.32 Å². The summed E-state index contributed by atoms with van der Waals surface area (Å²) in [6.45, 7) is 2.80. The van der Waals surface area contributed by atoms with Gasteiger partial charge in [-0.2, -0.15) is 0 Å². The van der Waals surface area contributed by atoms with E-state index in [9.17, 15) is 8.78 Å². The molecule has 1 atom stereocenters. The Morgan fingerprint density at radius 1 is 1.10 bits per heavy atom. The van der Waals surface area contributed by atoms with Crippen LogP contribution in [0.25, 0.3) is 0 Å². The zero-order valence-corrected chi connectivity index (χ0v) is 12.8. The summed E-state index contributed by atoms with van der Waals surface area (Å²) in [6.07, 6.45) is 0.637. The number of nitrogens with one attached hydrogen (secondary N) is 1. The first-order valence-electron chi connectivity index (χ1n) is 6.53. The second kappa shape index (κ2) is 6.95. The summed E-state index contributed by atoms with van der Waals surface area (Å²) in [5.41, 5.74) is 1.88. The van der Waals surface area contributed by atoms with Crippen LogP contribution in [0.5, 0.6) is 0 Å². The van der Waals surface area contributed by atoms with Gasteiger partial charge in [-0.25, -0.2) is 8.78 Å². The lowest BCUT2D eigenvalue weighted by Gasteiger charge is -2.19. The van der Waals surface area contributed by atoms with E-state index >= 15 is 0 Å². The molecule has 0 bridgehead atoms. The fourth-order valence-corrected chi connectivity index (χ4v) is 2.60. The smallest absolute Gasteiger partial charge is 0.137 e. The molecular formula is C16H16BrF2N. The number of rotatable bonds is 5. The van der Waals surface area contributed by atoms with Gasteiger partial charge >= 0.3 is 0 Å². The Kier molecular flexibility index (Phi) is 5.26. The van der Waals surface area contributed by atoms with Crippen molar-refractivity contribution in [3.63, 3.8) is 0 Å². The van der Waals surface area contributed by atoms with E-state index in [0.29, 0.717) is 10.9 Å². The Morgan fingerprint density at radius 2 is 1.80 bits per heavy atom. The molecule has 0 aliphatic heterocycles. The quantitative estimate of drug-likeness (QED) is 0.837. The van der Waals surface area contributed by atoms with Crippen LogP contribution in [0.4, 0.5) is 8.78 Å². The van der Waals surface area contributed by atoms with E-state index in [1.807, 2.05) is 13.0 Å². The number of hydrogen-bond donors (Lipinski definition) is 1. The van der Waals surface area contributed by atoms with Crippen LogP contribution in [0, 0.1) is 11.6 Å². The van der Waals surface area contributed by atoms with Crippen molar-refractivity contribution in [2.24, 2.45) is 0 Å². The highest BCUT2D eigenvalue weighted by Gasteiger charge is 2.14. The van der Waals surface area contributed by atoms with Crippen molar-refractivity contribution >= 4 is 15.9 Å². The lowest BCUT2D eigenvalue weighted by atomic mass is 9.98. The molecule has 0 aliphatic rings. The van der Waals surface area contributed by atoms with E-state index in [4.69, 9.17) is 0 Å². The van der Waals surface area contributed by atoms with Gasteiger partial charge in [0.1, 0.15) is 11.6 Å². The minimum absolute atomic E-state index is 0.0266. The van der Waals surface area contributed by atoms with Crippen molar-refractivity contribution in [1.82, 2.24) is 5.32 Å². The van der Waals surface area contributed by atoms with Gasteiger partial charge in [0.2, 0.25) is 0 Å². The van der Waals surface area contributed by atoms with Gasteiger partial charge in [0.15, 0.2) is 0 Å². The average molecular weight is 340 g/mol. The fraction of sp³-hybridized carbons (Fsp3) is 0.250. The molecule has 0 amide bonds. The van der Waals surface area contributed by atoms with Gasteiger partial charge in [-0.05, 0) is 58.2 Å². The minimum atomic E-state index is -0.267. The average Bonchev–Trinajstić information content (AvgIpc) is 2.44. The fourth-order valence-electron chi connectivity index (χ4n) is 2.18. The van der Waals surface area contributed by atoms with Gasteiger partial charge in [-0.1, -0.05) is 31.2 Å². The lowest BCUT2D eigenvalue weighted by molar-refractivity contribution is 0.542. The summed E-state index contributed by atoms with van der Waals surface area (Å²) >= 11 is 3.28. The molecule has 0 fully saturated rings. The monoisotopic (exact) mass is 339 g/mol. The Morgan fingerprint density at radius 3 is 2.45 bits per heavy atom.